The van der Waals surface area contributed by atoms with Gasteiger partial charge in [0.1, 0.15) is 0 Å². The number of rotatable bonds is 1. The summed E-state index contributed by atoms with van der Waals surface area (Å²) in [7, 11) is 0. The summed E-state index contributed by atoms with van der Waals surface area (Å²) in [6.07, 6.45) is 4.17. The molecule has 1 aliphatic rings. The van der Waals surface area contributed by atoms with E-state index in [1.54, 1.807) is 6.08 Å². The summed E-state index contributed by atoms with van der Waals surface area (Å²) in [6.45, 7) is 4.17. The van der Waals surface area contributed by atoms with Gasteiger partial charge in [0, 0.05) is 6.42 Å². The number of hydrogen-bond donors (Lipinski definition) is 0. The normalized spacial score (nSPS) is 18.4. The minimum atomic E-state index is 0.0241. The van der Waals surface area contributed by atoms with Crippen LogP contribution in [-0.2, 0) is 4.79 Å². The molecule has 11 heavy (non-hydrogen) atoms. The number of carbonyl (C=O) groups excluding carboxylic acids is 1. The van der Waals surface area contributed by atoms with Crippen LogP contribution in [0.1, 0.15) is 20.3 Å². The molecule has 0 aromatic carbocycles. The Labute approximate surface area is 71.7 Å². The summed E-state index contributed by atoms with van der Waals surface area (Å²) in [5.41, 5.74) is 1.16. The number of halogens is 1. The van der Waals surface area contributed by atoms with Crippen molar-refractivity contribution in [2.45, 2.75) is 20.3 Å². The lowest BCUT2D eigenvalue weighted by atomic mass is 9.97. The van der Waals surface area contributed by atoms with Crippen LogP contribution >= 0.6 is 11.6 Å². The fraction of sp³-hybridized carbons (Fsp3) is 0.444. The molecule has 0 aromatic heterocycles. The van der Waals surface area contributed by atoms with Crippen molar-refractivity contribution in [2.24, 2.45) is 5.92 Å². The van der Waals surface area contributed by atoms with E-state index in [1.807, 2.05) is 6.08 Å². The number of carbonyl (C=O) groups is 1. The van der Waals surface area contributed by atoms with Crippen molar-refractivity contribution in [1.82, 2.24) is 0 Å². The topological polar surface area (TPSA) is 17.1 Å². The molecule has 1 rings (SSSR count). The van der Waals surface area contributed by atoms with Gasteiger partial charge in [-0.1, -0.05) is 31.5 Å². The van der Waals surface area contributed by atoms with Crippen LogP contribution in [0.25, 0.3) is 0 Å². The van der Waals surface area contributed by atoms with Gasteiger partial charge in [-0.2, -0.15) is 0 Å². The van der Waals surface area contributed by atoms with E-state index in [2.05, 4.69) is 13.8 Å². The van der Waals surface area contributed by atoms with Crippen LogP contribution in [0, 0.1) is 5.92 Å². The van der Waals surface area contributed by atoms with Gasteiger partial charge in [-0.3, -0.25) is 4.79 Å². The first kappa shape index (κ1) is 8.54. The van der Waals surface area contributed by atoms with E-state index in [9.17, 15) is 4.79 Å². The summed E-state index contributed by atoms with van der Waals surface area (Å²) in [4.78, 5) is 10.9. The van der Waals surface area contributed by atoms with E-state index in [4.69, 9.17) is 11.6 Å². The molecule has 2 heteroatoms. The second-order valence-electron chi connectivity index (χ2n) is 2.98. The highest BCUT2D eigenvalue weighted by atomic mass is 35.5. The van der Waals surface area contributed by atoms with Crippen molar-refractivity contribution < 1.29 is 4.79 Å². The molecule has 0 aromatic rings. The van der Waals surface area contributed by atoms with Crippen molar-refractivity contribution in [1.29, 1.82) is 0 Å². The standard InChI is InChI=1S/C9H11ClO/c1-6(2)7-3-4-9(11)8(10)5-7/h3,5-6H,4H2,1-2H3. The predicted molar refractivity (Wildman–Crippen MR) is 46.5 cm³/mol. The predicted octanol–water partition coefficient (Wildman–Crippen LogP) is 2.66. The first-order valence-electron chi connectivity index (χ1n) is 3.71. The lowest BCUT2D eigenvalue weighted by Crippen LogP contribution is -2.04. The molecule has 0 spiro atoms. The molecular formula is C9H11ClO. The van der Waals surface area contributed by atoms with E-state index in [0.717, 1.165) is 5.57 Å². The maximum atomic E-state index is 10.9. The molecule has 0 amide bonds. The van der Waals surface area contributed by atoms with Crippen molar-refractivity contribution in [3.63, 3.8) is 0 Å². The first-order valence-corrected chi connectivity index (χ1v) is 4.09. The van der Waals surface area contributed by atoms with Crippen LogP contribution in [0.2, 0.25) is 0 Å². The maximum absolute atomic E-state index is 10.9. The molecule has 1 aliphatic carbocycles. The van der Waals surface area contributed by atoms with Crippen LogP contribution in [0.5, 0.6) is 0 Å². The summed E-state index contributed by atoms with van der Waals surface area (Å²) in [5, 5.41) is 0.371. The minimum Gasteiger partial charge on any atom is -0.293 e. The molecule has 0 bridgehead atoms. The Balaban J connectivity index is 2.82. The SMILES string of the molecule is CC(C)C1=CCC(=O)C(Cl)=C1. The van der Waals surface area contributed by atoms with E-state index in [1.165, 1.54) is 0 Å². The highest BCUT2D eigenvalue weighted by Crippen LogP contribution is 2.22. The molecule has 0 saturated heterocycles. The zero-order valence-corrected chi connectivity index (χ0v) is 7.48. The summed E-state index contributed by atoms with van der Waals surface area (Å²) >= 11 is 5.68. The fourth-order valence-electron chi connectivity index (χ4n) is 0.996. The monoisotopic (exact) mass is 170 g/mol. The molecular weight excluding hydrogens is 160 g/mol. The number of allylic oxidation sites excluding steroid dienone is 4. The van der Waals surface area contributed by atoms with Crippen molar-refractivity contribution in [3.8, 4) is 0 Å². The van der Waals surface area contributed by atoms with Crippen LogP contribution in [0.3, 0.4) is 0 Å². The lowest BCUT2D eigenvalue weighted by molar-refractivity contribution is -0.114. The fourth-order valence-corrected chi connectivity index (χ4v) is 1.20. The van der Waals surface area contributed by atoms with E-state index in [-0.39, 0.29) is 5.78 Å². The molecule has 0 saturated carbocycles. The van der Waals surface area contributed by atoms with Crippen molar-refractivity contribution in [2.75, 3.05) is 0 Å². The quantitative estimate of drug-likeness (QED) is 0.592. The molecule has 0 radical (unpaired) electrons. The van der Waals surface area contributed by atoms with Gasteiger partial charge >= 0.3 is 0 Å². The number of Topliss-reactive ketones (excluding diaryl/α,β-unsaturated/α-hetero) is 1. The second kappa shape index (κ2) is 3.22. The van der Waals surface area contributed by atoms with Crippen LogP contribution < -0.4 is 0 Å². The largest absolute Gasteiger partial charge is 0.293 e. The molecule has 0 unspecified atom stereocenters. The smallest absolute Gasteiger partial charge is 0.177 e. The summed E-state index contributed by atoms with van der Waals surface area (Å²) < 4.78 is 0. The molecule has 0 N–H and O–H groups in total. The molecule has 0 heterocycles. The maximum Gasteiger partial charge on any atom is 0.177 e. The van der Waals surface area contributed by atoms with Gasteiger partial charge in [-0.05, 0) is 17.6 Å². The van der Waals surface area contributed by atoms with E-state index >= 15 is 0 Å². The van der Waals surface area contributed by atoms with Crippen LogP contribution in [0.15, 0.2) is 22.8 Å². The highest BCUT2D eigenvalue weighted by Gasteiger charge is 2.13. The Bertz CT molecular complexity index is 236. The third-order valence-electron chi connectivity index (χ3n) is 1.75. The zero-order chi connectivity index (χ0) is 8.43. The Morgan fingerprint density at radius 2 is 2.18 bits per heavy atom. The van der Waals surface area contributed by atoms with Gasteiger partial charge in [0.25, 0.3) is 0 Å². The Morgan fingerprint density at radius 1 is 1.55 bits per heavy atom. The van der Waals surface area contributed by atoms with Gasteiger partial charge in [-0.15, -0.1) is 0 Å². The molecule has 0 aliphatic heterocycles. The average molecular weight is 171 g/mol. The molecule has 60 valence electrons. The number of ketones is 1. The molecule has 0 fully saturated rings. The first-order chi connectivity index (χ1) is 5.11. The third-order valence-corrected chi connectivity index (χ3v) is 2.07. The minimum absolute atomic E-state index is 0.0241. The molecule has 0 atom stereocenters. The second-order valence-corrected chi connectivity index (χ2v) is 3.39. The van der Waals surface area contributed by atoms with Crippen molar-refractivity contribution >= 4 is 17.4 Å². The lowest BCUT2D eigenvalue weighted by Gasteiger charge is -2.11. The summed E-state index contributed by atoms with van der Waals surface area (Å²) in [5.74, 6) is 0.480. The zero-order valence-electron chi connectivity index (χ0n) is 6.73. The average Bonchev–Trinajstić information content (AvgIpc) is 1.94. The highest BCUT2D eigenvalue weighted by molar-refractivity contribution is 6.43. The van der Waals surface area contributed by atoms with Gasteiger partial charge < -0.3 is 0 Å². The van der Waals surface area contributed by atoms with Crippen LogP contribution in [0.4, 0.5) is 0 Å². The van der Waals surface area contributed by atoms with Crippen molar-refractivity contribution in [3.05, 3.63) is 22.8 Å². The van der Waals surface area contributed by atoms with Gasteiger partial charge in [-0.25, -0.2) is 0 Å². The Kier molecular flexibility index (Phi) is 2.50. The van der Waals surface area contributed by atoms with Gasteiger partial charge in [0.2, 0.25) is 0 Å². The molecule has 1 nitrogen and oxygen atoms in total. The Hall–Kier alpha value is -0.560. The van der Waals surface area contributed by atoms with Gasteiger partial charge in [0.05, 0.1) is 5.03 Å². The van der Waals surface area contributed by atoms with Crippen LogP contribution in [-0.4, -0.2) is 5.78 Å². The third kappa shape index (κ3) is 1.93. The van der Waals surface area contributed by atoms with E-state index < -0.39 is 0 Å². The summed E-state index contributed by atoms with van der Waals surface area (Å²) in [6, 6.07) is 0. The van der Waals surface area contributed by atoms with Gasteiger partial charge in [0.15, 0.2) is 5.78 Å². The van der Waals surface area contributed by atoms with E-state index in [0.29, 0.717) is 17.4 Å². The number of hydrogen-bond acceptors (Lipinski definition) is 1. The Morgan fingerprint density at radius 3 is 2.64 bits per heavy atom.